The first-order valence-electron chi connectivity index (χ1n) is 15.5. The first-order valence-corrected chi connectivity index (χ1v) is 15.5. The fourth-order valence-corrected chi connectivity index (χ4v) is 6.17. The molecule has 1 saturated carbocycles. The van der Waals surface area contributed by atoms with Crippen LogP contribution in [0.4, 0.5) is 0 Å². The molecule has 2 atom stereocenters. The van der Waals surface area contributed by atoms with Crippen LogP contribution in [0.15, 0.2) is 84.4 Å². The number of methoxy groups -OCH3 is 1. The quantitative estimate of drug-likeness (QED) is 0.200. The van der Waals surface area contributed by atoms with Crippen molar-refractivity contribution in [2.75, 3.05) is 14.2 Å². The maximum absolute atomic E-state index is 13.6. The Morgan fingerprint density at radius 1 is 0.933 bits per heavy atom. The molecule has 9 nitrogen and oxygen atoms in total. The summed E-state index contributed by atoms with van der Waals surface area (Å²) in [4.78, 5) is 49.3. The summed E-state index contributed by atoms with van der Waals surface area (Å²) in [5.41, 5.74) is 7.00. The maximum Gasteiger partial charge on any atom is 0.306 e. The second-order valence-corrected chi connectivity index (χ2v) is 11.9. The normalized spacial score (nSPS) is 16.2. The number of benzene rings is 2. The third kappa shape index (κ3) is 6.62. The van der Waals surface area contributed by atoms with E-state index < -0.39 is 11.9 Å². The third-order valence-corrected chi connectivity index (χ3v) is 9.08. The minimum absolute atomic E-state index is 0.0355. The molecule has 1 fully saturated rings. The number of aromatic nitrogens is 4. The van der Waals surface area contributed by atoms with Crippen LogP contribution in [0, 0.1) is 5.92 Å². The zero-order valence-electron chi connectivity index (χ0n) is 25.9. The number of aromatic amines is 1. The molecule has 0 saturated heterocycles. The number of nitrogens with one attached hydrogen (secondary N) is 1. The van der Waals surface area contributed by atoms with Crippen LogP contribution in [-0.4, -0.2) is 56.6 Å². The van der Waals surface area contributed by atoms with Crippen molar-refractivity contribution >= 4 is 23.2 Å². The molecular weight excluding hydrogens is 564 g/mol. The second kappa shape index (κ2) is 13.4. The van der Waals surface area contributed by atoms with Crippen molar-refractivity contribution < 1.29 is 14.3 Å². The van der Waals surface area contributed by atoms with Gasteiger partial charge in [0.25, 0.3) is 0 Å². The minimum Gasteiger partial charge on any atom is -0.469 e. The number of amides is 1. The highest BCUT2D eigenvalue weighted by Gasteiger charge is 2.30. The monoisotopic (exact) mass is 602 g/mol. The number of hydrogen-bond donors (Lipinski definition) is 1. The van der Waals surface area contributed by atoms with E-state index in [0.29, 0.717) is 17.6 Å². The number of allylic oxidation sites excluding steroid dienone is 1. The van der Waals surface area contributed by atoms with Gasteiger partial charge in [-0.25, -0.2) is 15.0 Å². The van der Waals surface area contributed by atoms with Gasteiger partial charge >= 0.3 is 5.97 Å². The van der Waals surface area contributed by atoms with E-state index >= 15 is 0 Å². The average Bonchev–Trinajstić information content (AvgIpc) is 3.89. The highest BCUT2D eigenvalue weighted by molar-refractivity contribution is 5.99. The molecule has 0 spiro atoms. The minimum atomic E-state index is -0.651. The summed E-state index contributed by atoms with van der Waals surface area (Å²) in [6.45, 7) is 1.91. The van der Waals surface area contributed by atoms with Gasteiger partial charge in [0.15, 0.2) is 5.82 Å². The van der Waals surface area contributed by atoms with Gasteiger partial charge in [0.2, 0.25) is 5.91 Å². The number of hydrogen-bond acceptors (Lipinski definition) is 7. The molecule has 0 bridgehead atoms. The van der Waals surface area contributed by atoms with Crippen molar-refractivity contribution in [2.24, 2.45) is 10.9 Å². The predicted molar refractivity (Wildman–Crippen MR) is 174 cm³/mol. The lowest BCUT2D eigenvalue weighted by Gasteiger charge is -2.28. The summed E-state index contributed by atoms with van der Waals surface area (Å²) in [6.07, 6.45) is 13.5. The van der Waals surface area contributed by atoms with Crippen molar-refractivity contribution in [2.45, 2.75) is 57.4 Å². The van der Waals surface area contributed by atoms with Crippen LogP contribution in [0.25, 0.3) is 28.2 Å². The van der Waals surface area contributed by atoms with Crippen molar-refractivity contribution in [1.29, 1.82) is 0 Å². The van der Waals surface area contributed by atoms with Gasteiger partial charge in [-0.1, -0.05) is 67.4 Å². The Morgan fingerprint density at radius 2 is 1.62 bits per heavy atom. The number of carbonyl (C=O) groups excluding carboxylic acids is 2. The lowest BCUT2D eigenvalue weighted by atomic mass is 9.94. The highest BCUT2D eigenvalue weighted by atomic mass is 16.5. The van der Waals surface area contributed by atoms with Crippen LogP contribution in [0.2, 0.25) is 0 Å². The Morgan fingerprint density at radius 3 is 2.31 bits per heavy atom. The predicted octanol–water partition coefficient (Wildman–Crippen LogP) is 6.78. The zero-order valence-corrected chi connectivity index (χ0v) is 25.9. The van der Waals surface area contributed by atoms with Crippen LogP contribution in [0.1, 0.15) is 74.4 Å². The van der Waals surface area contributed by atoms with Gasteiger partial charge in [-0.2, -0.15) is 0 Å². The smallest absolute Gasteiger partial charge is 0.306 e. The van der Waals surface area contributed by atoms with Crippen LogP contribution >= 0.6 is 0 Å². The van der Waals surface area contributed by atoms with E-state index in [2.05, 4.69) is 19.9 Å². The SMILES string of the molecule is COC(=O)C[C@@H](C(=O)N(C)[C@@H](C)c1ncc(-c2ccc(-c3ncc(C4=CN=C(C5CCCC5)C4)cn3)cc2)[nH]1)c1ccccc1. The lowest BCUT2D eigenvalue weighted by molar-refractivity contribution is -0.145. The van der Waals surface area contributed by atoms with Crippen LogP contribution in [0.3, 0.4) is 0 Å². The Balaban J connectivity index is 1.10. The van der Waals surface area contributed by atoms with Crippen molar-refractivity contribution in [3.05, 3.63) is 96.3 Å². The molecule has 0 radical (unpaired) electrons. The van der Waals surface area contributed by atoms with E-state index in [1.165, 1.54) is 44.1 Å². The summed E-state index contributed by atoms with van der Waals surface area (Å²) >= 11 is 0. The van der Waals surface area contributed by atoms with Crippen molar-refractivity contribution in [3.8, 4) is 22.6 Å². The molecule has 3 heterocycles. The fourth-order valence-electron chi connectivity index (χ4n) is 6.17. The summed E-state index contributed by atoms with van der Waals surface area (Å²) in [5, 5.41) is 0. The second-order valence-electron chi connectivity index (χ2n) is 11.9. The van der Waals surface area contributed by atoms with Gasteiger partial charge in [-0.05, 0) is 42.4 Å². The lowest BCUT2D eigenvalue weighted by Crippen LogP contribution is -2.35. The van der Waals surface area contributed by atoms with E-state index in [0.717, 1.165) is 34.4 Å². The first-order chi connectivity index (χ1) is 21.9. The first kappa shape index (κ1) is 30.1. The molecule has 2 aromatic carbocycles. The number of carbonyl (C=O) groups is 2. The molecule has 1 aliphatic heterocycles. The molecule has 230 valence electrons. The van der Waals surface area contributed by atoms with Gasteiger partial charge in [-0.3, -0.25) is 14.6 Å². The third-order valence-electron chi connectivity index (χ3n) is 9.08. The van der Waals surface area contributed by atoms with Crippen molar-refractivity contribution in [1.82, 2.24) is 24.8 Å². The number of rotatable bonds is 10. The topological polar surface area (TPSA) is 113 Å². The van der Waals surface area contributed by atoms with E-state index in [1.807, 2.05) is 80.1 Å². The van der Waals surface area contributed by atoms with Gasteiger partial charge < -0.3 is 14.6 Å². The summed E-state index contributed by atoms with van der Waals surface area (Å²) in [6, 6.07) is 17.0. The number of esters is 1. The summed E-state index contributed by atoms with van der Waals surface area (Å²) < 4.78 is 4.87. The Kier molecular flexibility index (Phi) is 8.96. The van der Waals surface area contributed by atoms with Gasteiger partial charge in [0.1, 0.15) is 5.82 Å². The molecule has 1 aliphatic carbocycles. The van der Waals surface area contributed by atoms with E-state index in [1.54, 1.807) is 18.1 Å². The number of H-pyrrole nitrogens is 1. The molecule has 1 amide bonds. The molecular formula is C36H38N6O3. The zero-order chi connectivity index (χ0) is 31.3. The van der Waals surface area contributed by atoms with Crippen LogP contribution < -0.4 is 0 Å². The summed E-state index contributed by atoms with van der Waals surface area (Å²) in [5.74, 6) is 0.688. The number of imidazole rings is 1. The Bertz CT molecular complexity index is 1700. The number of aliphatic imine (C=N–C) groups is 1. The highest BCUT2D eigenvalue weighted by Crippen LogP contribution is 2.34. The Labute approximate surface area is 263 Å². The summed E-state index contributed by atoms with van der Waals surface area (Å²) in [7, 11) is 3.06. The van der Waals surface area contributed by atoms with E-state index in [4.69, 9.17) is 9.73 Å². The molecule has 0 unspecified atom stereocenters. The Hall–Kier alpha value is -4.92. The van der Waals surface area contributed by atoms with E-state index in [9.17, 15) is 9.59 Å². The van der Waals surface area contributed by atoms with Crippen LogP contribution in [0.5, 0.6) is 0 Å². The van der Waals surface area contributed by atoms with Crippen LogP contribution in [-0.2, 0) is 14.3 Å². The molecule has 1 N–H and O–H groups in total. The van der Waals surface area contributed by atoms with Crippen molar-refractivity contribution in [3.63, 3.8) is 0 Å². The maximum atomic E-state index is 13.6. The molecule has 2 aliphatic rings. The van der Waals surface area contributed by atoms with Gasteiger partial charge in [0, 0.05) is 48.9 Å². The molecule has 9 heteroatoms. The largest absolute Gasteiger partial charge is 0.469 e. The number of likely N-dealkylation sites (N-methyl/N-ethyl adjacent to an activating group) is 1. The molecule has 6 rings (SSSR count). The van der Waals surface area contributed by atoms with Gasteiger partial charge in [0.05, 0.1) is 37.4 Å². The number of nitrogens with zero attached hydrogens (tertiary/aromatic N) is 5. The molecule has 2 aromatic heterocycles. The number of ether oxygens (including phenoxy) is 1. The standard InChI is InChI=1S/C36H38N6O3/c1-23(42(2)36(44)30(18-33(43)45-3)24-9-5-4-6-10-24)34-40-22-32(41-34)26-13-15-27(16-14-26)35-38-20-29(21-39-35)28-17-31(37-19-28)25-11-7-8-12-25/h4-6,9-10,13-16,19-23,25,30H,7-8,11-12,17-18H2,1-3H3,(H,40,41)/t23-,30+/m0/s1. The molecule has 45 heavy (non-hydrogen) atoms. The fraction of sp³-hybridized carbons (Fsp3) is 0.333. The van der Waals surface area contributed by atoms with E-state index in [-0.39, 0.29) is 18.4 Å². The van der Waals surface area contributed by atoms with Gasteiger partial charge in [-0.15, -0.1) is 0 Å². The average molecular weight is 603 g/mol. The molecule has 4 aromatic rings.